The first-order valence-corrected chi connectivity index (χ1v) is 5.48. The molecular weight excluding hydrogens is 272 g/mol. The molecule has 0 heterocycles. The highest BCUT2D eigenvalue weighted by atomic mass is 35.5. The number of aliphatic hydroxyl groups is 1. The Balaban J connectivity index is 0.00000324. The molecule has 1 atom stereocenters. The van der Waals surface area contributed by atoms with E-state index in [0.717, 1.165) is 0 Å². The third-order valence-electron chi connectivity index (χ3n) is 2.44. The van der Waals surface area contributed by atoms with Gasteiger partial charge in [0.25, 0.3) is 0 Å². The summed E-state index contributed by atoms with van der Waals surface area (Å²) in [5, 5.41) is 12.4. The van der Waals surface area contributed by atoms with E-state index >= 15 is 0 Å². The Morgan fingerprint density at radius 1 is 1.32 bits per heavy atom. The lowest BCUT2D eigenvalue weighted by Gasteiger charge is -2.14. The van der Waals surface area contributed by atoms with E-state index in [9.17, 15) is 9.90 Å². The molecule has 108 valence electrons. The molecule has 0 saturated carbocycles. The standard InChI is InChI=1S/C12H18N2O4.ClH/c1-17-9-3-8(4-10(5-9)18-2)11(15)7-14-12(16)6-13;/h3-5,11,15H,6-7,13H2,1-2H3,(H,14,16);1H. The fraction of sp³-hybridized carbons (Fsp3) is 0.417. The van der Waals surface area contributed by atoms with Gasteiger partial charge in [-0.2, -0.15) is 0 Å². The highest BCUT2D eigenvalue weighted by Crippen LogP contribution is 2.26. The van der Waals surface area contributed by atoms with Gasteiger partial charge in [-0.3, -0.25) is 4.79 Å². The van der Waals surface area contributed by atoms with Crippen molar-refractivity contribution < 1.29 is 19.4 Å². The Kier molecular flexibility index (Phi) is 7.90. The lowest BCUT2D eigenvalue weighted by molar-refractivity contribution is -0.120. The lowest BCUT2D eigenvalue weighted by Crippen LogP contribution is -2.33. The zero-order valence-electron chi connectivity index (χ0n) is 10.9. The van der Waals surface area contributed by atoms with Gasteiger partial charge in [0, 0.05) is 12.6 Å². The predicted molar refractivity (Wildman–Crippen MR) is 73.8 cm³/mol. The second kappa shape index (κ2) is 8.58. The molecule has 0 aliphatic heterocycles. The molecule has 7 heteroatoms. The molecule has 0 aliphatic carbocycles. The maximum absolute atomic E-state index is 11.0. The predicted octanol–water partition coefficient (Wildman–Crippen LogP) is 0.234. The van der Waals surface area contributed by atoms with Crippen molar-refractivity contribution in [2.45, 2.75) is 6.10 Å². The molecule has 0 aromatic heterocycles. The minimum absolute atomic E-state index is 0. The highest BCUT2D eigenvalue weighted by molar-refractivity contribution is 5.85. The third-order valence-corrected chi connectivity index (χ3v) is 2.44. The van der Waals surface area contributed by atoms with Gasteiger partial charge in [0.2, 0.25) is 5.91 Å². The summed E-state index contributed by atoms with van der Waals surface area (Å²) in [6, 6.07) is 5.07. The van der Waals surface area contributed by atoms with E-state index in [4.69, 9.17) is 15.2 Å². The van der Waals surface area contributed by atoms with Crippen LogP contribution in [0, 0.1) is 0 Å². The first kappa shape index (κ1) is 17.5. The molecule has 0 spiro atoms. The first-order chi connectivity index (χ1) is 8.60. The van der Waals surface area contributed by atoms with Gasteiger partial charge >= 0.3 is 0 Å². The topological polar surface area (TPSA) is 93.8 Å². The minimum Gasteiger partial charge on any atom is -0.497 e. The van der Waals surface area contributed by atoms with Gasteiger partial charge in [0.05, 0.1) is 26.9 Å². The summed E-state index contributed by atoms with van der Waals surface area (Å²) in [5.74, 6) is 0.839. The summed E-state index contributed by atoms with van der Waals surface area (Å²) < 4.78 is 10.2. The molecule has 0 radical (unpaired) electrons. The van der Waals surface area contributed by atoms with Gasteiger partial charge in [-0.05, 0) is 17.7 Å². The number of hydrogen-bond acceptors (Lipinski definition) is 5. The SMILES string of the molecule is COc1cc(OC)cc(C(O)CNC(=O)CN)c1.Cl. The van der Waals surface area contributed by atoms with Gasteiger partial charge < -0.3 is 25.6 Å². The van der Waals surface area contributed by atoms with Crippen molar-refractivity contribution >= 4 is 18.3 Å². The zero-order valence-corrected chi connectivity index (χ0v) is 11.7. The van der Waals surface area contributed by atoms with E-state index < -0.39 is 6.10 Å². The van der Waals surface area contributed by atoms with Crippen LogP contribution in [0.1, 0.15) is 11.7 Å². The van der Waals surface area contributed by atoms with E-state index in [-0.39, 0.29) is 31.4 Å². The second-order valence-corrected chi connectivity index (χ2v) is 3.67. The van der Waals surface area contributed by atoms with Crippen molar-refractivity contribution in [2.24, 2.45) is 5.73 Å². The van der Waals surface area contributed by atoms with Crippen LogP contribution in [0.4, 0.5) is 0 Å². The quantitative estimate of drug-likeness (QED) is 0.697. The molecule has 6 nitrogen and oxygen atoms in total. The fourth-order valence-corrected chi connectivity index (χ4v) is 1.42. The minimum atomic E-state index is -0.843. The largest absolute Gasteiger partial charge is 0.497 e. The van der Waals surface area contributed by atoms with Gasteiger partial charge in [-0.15, -0.1) is 12.4 Å². The van der Waals surface area contributed by atoms with Gasteiger partial charge in [0.1, 0.15) is 11.5 Å². The van der Waals surface area contributed by atoms with E-state index in [1.165, 1.54) is 14.2 Å². The summed E-state index contributed by atoms with van der Waals surface area (Å²) >= 11 is 0. The Hall–Kier alpha value is -1.50. The molecule has 1 aromatic carbocycles. The van der Waals surface area contributed by atoms with Crippen molar-refractivity contribution in [1.82, 2.24) is 5.32 Å². The van der Waals surface area contributed by atoms with E-state index in [1.54, 1.807) is 18.2 Å². The number of aliphatic hydroxyl groups excluding tert-OH is 1. The number of hydrogen-bond donors (Lipinski definition) is 3. The maximum atomic E-state index is 11.0. The number of rotatable bonds is 6. The van der Waals surface area contributed by atoms with Crippen LogP contribution in [0.15, 0.2) is 18.2 Å². The number of methoxy groups -OCH3 is 2. The van der Waals surface area contributed by atoms with Crippen molar-refractivity contribution in [3.8, 4) is 11.5 Å². The summed E-state index contributed by atoms with van der Waals surface area (Å²) in [6.45, 7) is -0.0134. The number of halogens is 1. The van der Waals surface area contributed by atoms with E-state index in [0.29, 0.717) is 17.1 Å². The summed E-state index contributed by atoms with van der Waals surface area (Å²) in [7, 11) is 3.06. The molecule has 0 aliphatic rings. The number of carbonyl (C=O) groups is 1. The van der Waals surface area contributed by atoms with Gasteiger partial charge in [-0.25, -0.2) is 0 Å². The number of nitrogens with one attached hydrogen (secondary N) is 1. The lowest BCUT2D eigenvalue weighted by atomic mass is 10.1. The number of ether oxygens (including phenoxy) is 2. The average Bonchev–Trinajstić information content (AvgIpc) is 2.43. The third kappa shape index (κ3) is 5.34. The number of carbonyl (C=O) groups excluding carboxylic acids is 1. The van der Waals surface area contributed by atoms with Crippen LogP contribution in [-0.2, 0) is 4.79 Å². The monoisotopic (exact) mass is 290 g/mol. The molecule has 0 fully saturated rings. The van der Waals surface area contributed by atoms with Crippen LogP contribution in [-0.4, -0.2) is 38.3 Å². The van der Waals surface area contributed by atoms with Gasteiger partial charge in [-0.1, -0.05) is 0 Å². The Labute approximate surface area is 118 Å². The van der Waals surface area contributed by atoms with Crippen molar-refractivity contribution in [1.29, 1.82) is 0 Å². The molecule has 1 aromatic rings. The Morgan fingerprint density at radius 2 is 1.84 bits per heavy atom. The normalized spacial score (nSPS) is 11.2. The zero-order chi connectivity index (χ0) is 13.5. The smallest absolute Gasteiger partial charge is 0.233 e. The molecule has 0 bridgehead atoms. The van der Waals surface area contributed by atoms with Crippen LogP contribution in [0.25, 0.3) is 0 Å². The molecule has 1 unspecified atom stereocenters. The first-order valence-electron chi connectivity index (χ1n) is 5.48. The van der Waals surface area contributed by atoms with Crippen molar-refractivity contribution in [2.75, 3.05) is 27.3 Å². The molecule has 1 amide bonds. The molecular formula is C12H19ClN2O4. The molecule has 1 rings (SSSR count). The second-order valence-electron chi connectivity index (χ2n) is 3.67. The molecule has 19 heavy (non-hydrogen) atoms. The summed E-state index contributed by atoms with van der Waals surface area (Å²) in [4.78, 5) is 11.0. The Bertz CT molecular complexity index is 392. The van der Waals surface area contributed by atoms with Crippen LogP contribution in [0.5, 0.6) is 11.5 Å². The van der Waals surface area contributed by atoms with Crippen molar-refractivity contribution in [3.63, 3.8) is 0 Å². The van der Waals surface area contributed by atoms with Crippen LogP contribution in [0.2, 0.25) is 0 Å². The number of nitrogens with two attached hydrogens (primary N) is 1. The summed E-state index contributed by atoms with van der Waals surface area (Å²) in [6.07, 6.45) is -0.843. The Morgan fingerprint density at radius 3 is 2.26 bits per heavy atom. The number of benzene rings is 1. The van der Waals surface area contributed by atoms with Crippen LogP contribution < -0.4 is 20.5 Å². The van der Waals surface area contributed by atoms with Crippen molar-refractivity contribution in [3.05, 3.63) is 23.8 Å². The summed E-state index contributed by atoms with van der Waals surface area (Å²) in [5.41, 5.74) is 5.76. The number of amides is 1. The van der Waals surface area contributed by atoms with Gasteiger partial charge in [0.15, 0.2) is 0 Å². The fourth-order valence-electron chi connectivity index (χ4n) is 1.42. The van der Waals surface area contributed by atoms with E-state index in [2.05, 4.69) is 5.32 Å². The average molecular weight is 291 g/mol. The maximum Gasteiger partial charge on any atom is 0.233 e. The van der Waals surface area contributed by atoms with Crippen LogP contribution >= 0.6 is 12.4 Å². The molecule has 0 saturated heterocycles. The van der Waals surface area contributed by atoms with Crippen LogP contribution in [0.3, 0.4) is 0 Å². The highest BCUT2D eigenvalue weighted by Gasteiger charge is 2.11. The molecule has 4 N–H and O–H groups in total. The van der Waals surface area contributed by atoms with E-state index in [1.807, 2.05) is 0 Å².